The highest BCUT2D eigenvalue weighted by molar-refractivity contribution is 7.59. The van der Waals surface area contributed by atoms with Crippen molar-refractivity contribution in [1.29, 1.82) is 5.26 Å². The van der Waals surface area contributed by atoms with Crippen LogP contribution in [0.25, 0.3) is 0 Å². The number of ketones is 1. The number of nitrogens with one attached hydrogen (secondary N) is 4. The van der Waals surface area contributed by atoms with E-state index in [1.54, 1.807) is 69.3 Å². The Morgan fingerprint density at radius 3 is 0.866 bits per heavy atom. The van der Waals surface area contributed by atoms with Gasteiger partial charge in [-0.15, -0.1) is 46.4 Å². The molecule has 6 aliphatic heterocycles. The van der Waals surface area contributed by atoms with Crippen molar-refractivity contribution in [3.63, 3.8) is 0 Å². The quantitative estimate of drug-likeness (QED) is 0.00470. The lowest BCUT2D eigenvalue weighted by atomic mass is 10.0. The van der Waals surface area contributed by atoms with Crippen LogP contribution in [0.3, 0.4) is 0 Å². The minimum Gasteiger partial charge on any atom is -0.481 e. The van der Waals surface area contributed by atoms with Crippen molar-refractivity contribution in [2.45, 2.75) is 283 Å². The van der Waals surface area contributed by atoms with E-state index in [1.165, 1.54) is 6.08 Å². The Balaban J connectivity index is 0.000000878. The van der Waals surface area contributed by atoms with E-state index in [1.807, 2.05) is 113 Å². The average molecular weight is 2310 g/mol. The molecule has 12 rings (SSSR count). The summed E-state index contributed by atoms with van der Waals surface area (Å²) in [6.07, 6.45) is 5.89. The number of aliphatic hydroxyl groups excluding tert-OH is 1. The zero-order valence-electron chi connectivity index (χ0n) is 84.0. The minimum absolute atomic E-state index is 0. The summed E-state index contributed by atoms with van der Waals surface area (Å²) in [7, 11) is 0. The fourth-order valence-electron chi connectivity index (χ4n) is 13.4. The lowest BCUT2D eigenvalue weighted by Gasteiger charge is -2.23. The van der Waals surface area contributed by atoms with E-state index in [0.717, 1.165) is 80.1 Å². The van der Waals surface area contributed by atoms with E-state index in [2.05, 4.69) is 21.3 Å². The van der Waals surface area contributed by atoms with Crippen molar-refractivity contribution >= 4 is 177 Å². The second-order valence-electron chi connectivity index (χ2n) is 37.9. The number of aliphatic carboxylic acids is 2. The van der Waals surface area contributed by atoms with E-state index < -0.39 is 63.9 Å². The minimum atomic E-state index is -1.82. The molecule has 0 amide bonds. The third-order valence-corrected chi connectivity index (χ3v) is 22.8. The number of aliphatic hydroxyl groups is 1. The van der Waals surface area contributed by atoms with Gasteiger partial charge in [-0.05, 0) is 245 Å². The summed E-state index contributed by atoms with van der Waals surface area (Å²) in [5, 5.41) is 50.0. The van der Waals surface area contributed by atoms with E-state index in [0.29, 0.717) is 166 Å². The van der Waals surface area contributed by atoms with Gasteiger partial charge in [0.15, 0.2) is 75.1 Å². The number of hydrogen-bond donors (Lipinski definition) is 7. The van der Waals surface area contributed by atoms with Gasteiger partial charge in [-0.2, -0.15) is 18.8 Å². The van der Waals surface area contributed by atoms with Crippen LogP contribution in [0, 0.1) is 17.2 Å². The van der Waals surface area contributed by atoms with Crippen molar-refractivity contribution in [2.75, 3.05) is 90.5 Å². The summed E-state index contributed by atoms with van der Waals surface area (Å²) in [6, 6.07) is 22.9. The SMILES string of the molecule is C.C.C.C.CC(C)(C)OC(=O)/C=C(/Cc1cc2c(cc1Cl)OCO2)NCCCCl.CC(C)(C)OC(=O)CC(=O)Cc1cc2c(cc1Cl)OCO2.CC(C)(C)OC(=O)CC(Cc1cc2c(cc1Cl)OCO2)NCCCCl.CC(C)(C)OC(=O)C[C@@H](Cc1cc2c(cc1Cl)OCO2)NCCCCl.CC(C)(C)OC(=O)C[C@@H](Cc1cc2c(cc1Cl)OCO2)NCCCCl.C[C@@H](C(=O)O)[C@@H](O)C(=O)O.N#CCc1cc2c(cc1Cl)OCO2.S. The summed E-state index contributed by atoms with van der Waals surface area (Å²) < 4.78 is 90.4. The predicted octanol–water partition coefficient (Wildman–Crippen LogP) is 22.7. The summed E-state index contributed by atoms with van der Waals surface area (Å²) >= 11 is 60.3. The number of alkyl halides is 4. The molecule has 149 heavy (non-hydrogen) atoms. The number of carbonyl (C=O) groups is 8. The van der Waals surface area contributed by atoms with Crippen LogP contribution >= 0.6 is 130 Å². The molecular formula is C105H147Cl10N5O28S. The zero-order valence-corrected chi connectivity index (χ0v) is 92.5. The molecule has 5 atom stereocenters. The molecule has 6 heterocycles. The van der Waals surface area contributed by atoms with E-state index in [4.69, 9.17) is 217 Å². The highest BCUT2D eigenvalue weighted by Gasteiger charge is 2.32. The highest BCUT2D eigenvalue weighted by atomic mass is 35.5. The molecule has 0 fully saturated rings. The molecule has 33 nitrogen and oxygen atoms in total. The maximum atomic E-state index is 12.2. The number of nitrogens with zero attached hydrogens (tertiary/aromatic N) is 1. The molecule has 0 bridgehead atoms. The average Bonchev–Trinajstić information content (AvgIpc) is 1.74. The first-order chi connectivity index (χ1) is 67.6. The molecule has 44 heteroatoms. The summed E-state index contributed by atoms with van der Waals surface area (Å²) in [6.45, 7) is 32.5. The fourth-order valence-corrected chi connectivity index (χ4v) is 15.2. The van der Waals surface area contributed by atoms with Gasteiger partial charge in [-0.1, -0.05) is 99.3 Å². The molecule has 0 radical (unpaired) electrons. The Kier molecular flexibility index (Phi) is 62.5. The van der Waals surface area contributed by atoms with Crippen LogP contribution in [0.5, 0.6) is 69.0 Å². The second-order valence-corrected chi connectivity index (χ2v) is 41.9. The maximum Gasteiger partial charge on any atom is 0.333 e. The van der Waals surface area contributed by atoms with Crippen molar-refractivity contribution in [1.82, 2.24) is 21.3 Å². The first-order valence-electron chi connectivity index (χ1n) is 46.1. The van der Waals surface area contributed by atoms with Crippen LogP contribution in [-0.4, -0.2) is 206 Å². The molecule has 0 saturated heterocycles. The van der Waals surface area contributed by atoms with Crippen LogP contribution in [0.1, 0.15) is 225 Å². The van der Waals surface area contributed by atoms with Gasteiger partial charge in [0, 0.05) is 139 Å². The van der Waals surface area contributed by atoms with E-state index in [9.17, 15) is 38.4 Å². The first-order valence-corrected chi connectivity index (χ1v) is 50.5. The molecule has 0 aromatic heterocycles. The number of Topliss-reactive ketones (excluding diaryl/α,β-unsaturated/α-hetero) is 1. The molecule has 836 valence electrons. The summed E-state index contributed by atoms with van der Waals surface area (Å²) in [5.74, 6) is 3.86. The number of rotatable bonds is 39. The Morgan fingerprint density at radius 1 is 0.369 bits per heavy atom. The monoisotopic (exact) mass is 2310 g/mol. The molecule has 0 saturated carbocycles. The van der Waals surface area contributed by atoms with E-state index >= 15 is 0 Å². The van der Waals surface area contributed by atoms with Crippen molar-refractivity contribution < 1.29 is 134 Å². The van der Waals surface area contributed by atoms with Crippen molar-refractivity contribution in [3.8, 4) is 75.1 Å². The lowest BCUT2D eigenvalue weighted by Crippen LogP contribution is -2.36. The Labute approximate surface area is 933 Å². The number of allylic oxidation sites excluding steroid dienone is 1. The van der Waals surface area contributed by atoms with Gasteiger partial charge in [0.05, 0.1) is 37.7 Å². The van der Waals surface area contributed by atoms with Gasteiger partial charge < -0.3 is 117 Å². The maximum absolute atomic E-state index is 12.2. The second kappa shape index (κ2) is 67.5. The normalized spacial score (nSPS) is 13.6. The topological polar surface area (TPSA) is 426 Å². The van der Waals surface area contributed by atoms with E-state index in [-0.39, 0.29) is 164 Å². The van der Waals surface area contributed by atoms with Crippen LogP contribution < -0.4 is 78.1 Å². The van der Waals surface area contributed by atoms with Gasteiger partial charge in [-0.3, -0.25) is 28.8 Å². The molecular weight excluding hydrogens is 2170 g/mol. The van der Waals surface area contributed by atoms with Crippen LogP contribution in [0.15, 0.2) is 84.6 Å². The van der Waals surface area contributed by atoms with Gasteiger partial charge in [0.25, 0.3) is 0 Å². The summed E-state index contributed by atoms with van der Waals surface area (Å²) in [5.41, 5.74) is 2.95. The van der Waals surface area contributed by atoms with Crippen LogP contribution in [0.4, 0.5) is 0 Å². The number of hydrogen-bond acceptors (Lipinski definition) is 31. The number of carbonyl (C=O) groups excluding carboxylic acids is 6. The molecule has 7 N–H and O–H groups in total. The smallest absolute Gasteiger partial charge is 0.333 e. The number of carboxylic acid groups (broad SMARTS) is 2. The number of fused-ring (bicyclic) bond motifs is 6. The number of nitriles is 1. The highest BCUT2D eigenvalue weighted by Crippen LogP contribution is 2.44. The van der Waals surface area contributed by atoms with Crippen LogP contribution in [-0.2, 0) is 101 Å². The molecule has 0 spiro atoms. The molecule has 6 aromatic carbocycles. The van der Waals surface area contributed by atoms with Crippen LogP contribution in [0.2, 0.25) is 30.1 Å². The zero-order chi connectivity index (χ0) is 107. The molecule has 1 unspecified atom stereocenters. The van der Waals surface area contributed by atoms with Gasteiger partial charge in [0.2, 0.25) is 40.8 Å². The lowest BCUT2D eigenvalue weighted by molar-refractivity contribution is -0.158. The number of ether oxygens (including phenoxy) is 17. The molecule has 0 aliphatic carbocycles. The number of halogens is 10. The molecule has 6 aromatic rings. The van der Waals surface area contributed by atoms with Crippen molar-refractivity contribution in [3.05, 3.63) is 148 Å². The summed E-state index contributed by atoms with van der Waals surface area (Å²) in [4.78, 5) is 92.2. The van der Waals surface area contributed by atoms with Crippen molar-refractivity contribution in [2.24, 2.45) is 5.92 Å². The van der Waals surface area contributed by atoms with Gasteiger partial charge in [0.1, 0.15) is 40.2 Å². The number of carboxylic acids is 2. The number of benzene rings is 6. The number of esters is 5. The first kappa shape index (κ1) is 138. The fraction of sp³-hybridized carbons (Fsp3) is 0.552. The van der Waals surface area contributed by atoms with Gasteiger partial charge in [-0.25, -0.2) is 9.59 Å². The Bertz CT molecular complexity index is 5080. The standard InChI is InChI=1S/3C18H25Cl2NO4.C18H23Cl2NO4.C15H17ClO5.C9H6ClNO2.C5H8O5.4CH4.H2S/c4*1-18(2,3)25-17(22)9-13(21-6-4-5-19)7-12-8-15-16(10-14(12)20)24-11-23-15;1-15(2,3)21-14(18)6-10(17)4-9-5-12-13(7-11(9)16)20-8-19-12;10-7-4-9-8(12-5-13-9)3-6(7)1-2-11;1-2(4(7)8)3(6)5(9)10;;;;;/h3*8,10,13,21H,4-7,9,11H2,1-3H3;8-10,21H,4-7,11H2,1-3H3;5,7H,4,6,8H2,1-3H3;3-4H,1,5H2;2-3,6H,1H3,(H,7,8)(H,9,10);4*1H4;1H2/b;;;13-9-;;;;;;;;/t2*13-;;;;;2-,3-;;;;;/m11....1...../s1. The molecule has 6 aliphatic rings. The largest absolute Gasteiger partial charge is 0.481 e. The Hall–Kier alpha value is -9.00. The third-order valence-electron chi connectivity index (χ3n) is 19.7. The Morgan fingerprint density at radius 2 is 0.611 bits per heavy atom. The van der Waals surface area contributed by atoms with Gasteiger partial charge >= 0.3 is 41.8 Å². The predicted molar refractivity (Wildman–Crippen MR) is 587 cm³/mol. The third kappa shape index (κ3) is 52.5.